The van der Waals surface area contributed by atoms with Crippen LogP contribution in [0.15, 0.2) is 78.2 Å². The van der Waals surface area contributed by atoms with Gasteiger partial charge >= 0.3 is 6.36 Å². The molecular formula is C32H27F3N2O4S. The Morgan fingerprint density at radius 3 is 2.36 bits per heavy atom. The van der Waals surface area contributed by atoms with Gasteiger partial charge in [0.2, 0.25) is 5.91 Å². The molecule has 0 N–H and O–H groups in total. The summed E-state index contributed by atoms with van der Waals surface area (Å²) < 4.78 is 44.8. The summed E-state index contributed by atoms with van der Waals surface area (Å²) in [5, 5.41) is -0.455. The van der Waals surface area contributed by atoms with Crippen LogP contribution in [-0.2, 0) is 21.5 Å². The molecule has 10 heteroatoms. The summed E-state index contributed by atoms with van der Waals surface area (Å²) in [5.41, 5.74) is 3.06. The summed E-state index contributed by atoms with van der Waals surface area (Å²) in [7, 11) is 0. The van der Waals surface area contributed by atoms with E-state index in [-0.39, 0.29) is 22.9 Å². The van der Waals surface area contributed by atoms with Gasteiger partial charge in [-0.1, -0.05) is 48.5 Å². The van der Waals surface area contributed by atoms with Gasteiger partial charge in [0, 0.05) is 17.8 Å². The molecule has 42 heavy (non-hydrogen) atoms. The first kappa shape index (κ1) is 29.2. The van der Waals surface area contributed by atoms with Crippen LogP contribution in [-0.4, -0.2) is 34.9 Å². The second kappa shape index (κ2) is 10.8. The zero-order valence-corrected chi connectivity index (χ0v) is 23.9. The summed E-state index contributed by atoms with van der Waals surface area (Å²) >= 11 is 0.748. The zero-order valence-electron chi connectivity index (χ0n) is 23.1. The van der Waals surface area contributed by atoms with Gasteiger partial charge in [-0.3, -0.25) is 19.3 Å². The average molecular weight is 593 g/mol. The number of carbonyl (C=O) groups is 3. The molecule has 3 aromatic rings. The maximum absolute atomic E-state index is 13.6. The first-order valence-corrected chi connectivity index (χ1v) is 13.9. The van der Waals surface area contributed by atoms with E-state index in [9.17, 15) is 27.6 Å². The van der Waals surface area contributed by atoms with Crippen molar-refractivity contribution in [2.75, 3.05) is 11.4 Å². The molecule has 0 atom stereocenters. The third-order valence-corrected chi connectivity index (χ3v) is 8.18. The lowest BCUT2D eigenvalue weighted by atomic mass is 9.84. The van der Waals surface area contributed by atoms with Gasteiger partial charge in [-0.2, -0.15) is 0 Å². The largest absolute Gasteiger partial charge is 0.573 e. The molecule has 2 heterocycles. The molecular weight excluding hydrogens is 565 g/mol. The van der Waals surface area contributed by atoms with Crippen molar-refractivity contribution in [3.8, 4) is 16.9 Å². The monoisotopic (exact) mass is 592 g/mol. The number of ether oxygens (including phenoxy) is 1. The first-order chi connectivity index (χ1) is 19.8. The second-order valence-corrected chi connectivity index (χ2v) is 11.6. The Kier molecular flexibility index (Phi) is 7.53. The van der Waals surface area contributed by atoms with Crippen molar-refractivity contribution in [3.63, 3.8) is 0 Å². The van der Waals surface area contributed by atoms with E-state index in [0.29, 0.717) is 28.9 Å². The fraction of sp³-hybridized carbons (Fsp3) is 0.219. The number of amides is 3. The number of anilines is 1. The van der Waals surface area contributed by atoms with Gasteiger partial charge in [0.1, 0.15) is 5.75 Å². The lowest BCUT2D eigenvalue weighted by molar-refractivity contribution is -0.274. The van der Waals surface area contributed by atoms with Crippen molar-refractivity contribution in [3.05, 3.63) is 100 Å². The van der Waals surface area contributed by atoms with Crippen LogP contribution in [0.1, 0.15) is 36.1 Å². The molecule has 0 bridgehead atoms. The molecule has 0 radical (unpaired) electrons. The zero-order chi connectivity index (χ0) is 30.4. The van der Waals surface area contributed by atoms with E-state index in [0.717, 1.165) is 27.8 Å². The minimum Gasteiger partial charge on any atom is -0.405 e. The van der Waals surface area contributed by atoms with Gasteiger partial charge in [-0.15, -0.1) is 19.8 Å². The van der Waals surface area contributed by atoms with Crippen LogP contribution in [0.5, 0.6) is 5.75 Å². The van der Waals surface area contributed by atoms with Gasteiger partial charge in [0.25, 0.3) is 11.1 Å². The standard InChI is InChI=1S/C32H27F3N2O4S/c1-5-13-36-28(38)27(42-30(36)40)16-21-11-12-26(41-32(33,34)35)23(15-21)22-17-25-24(14-19(22)2)31(3,4)29(39)37(25)18-20-9-7-6-8-10-20/h5-12,14-17H,1,13,18H2,2-4H3/b27-16+. The molecule has 0 unspecified atom stereocenters. The van der Waals surface area contributed by atoms with E-state index in [1.54, 1.807) is 17.9 Å². The normalized spacial score (nSPS) is 17.3. The van der Waals surface area contributed by atoms with Crippen molar-refractivity contribution in [2.45, 2.75) is 39.1 Å². The second-order valence-electron chi connectivity index (χ2n) is 10.6. The van der Waals surface area contributed by atoms with Crippen LogP contribution < -0.4 is 9.64 Å². The Morgan fingerprint density at radius 1 is 0.976 bits per heavy atom. The fourth-order valence-electron chi connectivity index (χ4n) is 5.19. The number of carbonyl (C=O) groups excluding carboxylic acids is 3. The van der Waals surface area contributed by atoms with Gasteiger partial charge in [-0.05, 0) is 84.6 Å². The van der Waals surface area contributed by atoms with E-state index < -0.39 is 28.7 Å². The molecule has 5 rings (SSSR count). The van der Waals surface area contributed by atoms with Crippen molar-refractivity contribution in [1.29, 1.82) is 0 Å². The van der Waals surface area contributed by atoms with Crippen LogP contribution in [0.25, 0.3) is 17.2 Å². The average Bonchev–Trinajstić information content (AvgIpc) is 3.28. The molecule has 2 aliphatic rings. The van der Waals surface area contributed by atoms with Crippen LogP contribution >= 0.6 is 11.8 Å². The molecule has 0 aromatic heterocycles. The number of halogens is 3. The number of rotatable bonds is 7. The quantitative estimate of drug-likeness (QED) is 0.209. The Hall–Kier alpha value is -4.31. The van der Waals surface area contributed by atoms with Crippen molar-refractivity contribution >= 4 is 40.6 Å². The Bertz CT molecular complexity index is 1650. The number of alkyl halides is 3. The summed E-state index contributed by atoms with van der Waals surface area (Å²) in [6.45, 7) is 9.33. The number of thioether (sulfide) groups is 1. The molecule has 3 aromatic carbocycles. The number of benzene rings is 3. The molecule has 216 valence electrons. The van der Waals surface area contributed by atoms with Crippen LogP contribution in [0.3, 0.4) is 0 Å². The van der Waals surface area contributed by atoms with E-state index >= 15 is 0 Å². The molecule has 0 saturated carbocycles. The summed E-state index contributed by atoms with van der Waals surface area (Å²) in [5.74, 6) is -1.05. The van der Waals surface area contributed by atoms with Crippen LogP contribution in [0.2, 0.25) is 0 Å². The fourth-order valence-corrected chi connectivity index (χ4v) is 6.04. The number of nitrogens with zero attached hydrogens (tertiary/aromatic N) is 2. The summed E-state index contributed by atoms with van der Waals surface area (Å²) in [6, 6.07) is 17.1. The van der Waals surface area contributed by atoms with Crippen molar-refractivity contribution in [1.82, 2.24) is 4.90 Å². The molecule has 1 fully saturated rings. The Balaban J connectivity index is 1.63. The molecule has 2 aliphatic heterocycles. The van der Waals surface area contributed by atoms with E-state index in [4.69, 9.17) is 0 Å². The minimum atomic E-state index is -4.95. The van der Waals surface area contributed by atoms with E-state index in [2.05, 4.69) is 11.3 Å². The highest BCUT2D eigenvalue weighted by Gasteiger charge is 2.44. The Labute approximate surface area is 245 Å². The lowest BCUT2D eigenvalue weighted by Gasteiger charge is -2.21. The smallest absolute Gasteiger partial charge is 0.405 e. The summed E-state index contributed by atoms with van der Waals surface area (Å²) in [6.07, 6.45) is -2.05. The third-order valence-electron chi connectivity index (χ3n) is 7.27. The van der Waals surface area contributed by atoms with Crippen molar-refractivity contribution in [2.24, 2.45) is 0 Å². The predicted molar refractivity (Wildman–Crippen MR) is 157 cm³/mol. The number of imide groups is 1. The minimum absolute atomic E-state index is 0.0501. The third kappa shape index (κ3) is 5.46. The topological polar surface area (TPSA) is 66.9 Å². The van der Waals surface area contributed by atoms with Crippen LogP contribution in [0.4, 0.5) is 23.7 Å². The number of hydrogen-bond donors (Lipinski definition) is 0. The molecule has 0 spiro atoms. The highest BCUT2D eigenvalue weighted by Crippen LogP contribution is 2.47. The molecule has 3 amide bonds. The Morgan fingerprint density at radius 2 is 1.69 bits per heavy atom. The highest BCUT2D eigenvalue weighted by atomic mass is 32.2. The lowest BCUT2D eigenvalue weighted by Crippen LogP contribution is -2.35. The molecule has 6 nitrogen and oxygen atoms in total. The highest BCUT2D eigenvalue weighted by molar-refractivity contribution is 8.18. The molecule has 1 saturated heterocycles. The number of hydrogen-bond acceptors (Lipinski definition) is 5. The molecule has 0 aliphatic carbocycles. The maximum atomic E-state index is 13.6. The van der Waals surface area contributed by atoms with E-state index in [1.165, 1.54) is 30.4 Å². The number of fused-ring (bicyclic) bond motifs is 1. The van der Waals surface area contributed by atoms with E-state index in [1.807, 2.05) is 50.2 Å². The van der Waals surface area contributed by atoms with Gasteiger partial charge < -0.3 is 9.64 Å². The first-order valence-electron chi connectivity index (χ1n) is 13.1. The predicted octanol–water partition coefficient (Wildman–Crippen LogP) is 7.61. The van der Waals surface area contributed by atoms with Gasteiger partial charge in [0.05, 0.1) is 16.9 Å². The van der Waals surface area contributed by atoms with Crippen LogP contribution in [0, 0.1) is 6.92 Å². The summed E-state index contributed by atoms with van der Waals surface area (Å²) in [4.78, 5) is 41.4. The van der Waals surface area contributed by atoms with Gasteiger partial charge in [-0.25, -0.2) is 0 Å². The number of aryl methyl sites for hydroxylation is 1. The van der Waals surface area contributed by atoms with Crippen molar-refractivity contribution < 1.29 is 32.3 Å². The maximum Gasteiger partial charge on any atom is 0.573 e. The van der Waals surface area contributed by atoms with Gasteiger partial charge in [0.15, 0.2) is 0 Å². The SMILES string of the molecule is C=CCN1C(=O)S/C(=C/c2ccc(OC(F)(F)F)c(-c3cc4c(cc3C)C(C)(C)C(=O)N4Cc3ccccc3)c2)C1=O.